The minimum atomic E-state index is -2.85. The highest BCUT2D eigenvalue weighted by Gasteiger charge is 2.50. The monoisotopic (exact) mass is 304 g/mol. The van der Waals surface area contributed by atoms with Crippen LogP contribution in [0.4, 0.5) is 0 Å². The molecule has 0 saturated carbocycles. The summed E-state index contributed by atoms with van der Waals surface area (Å²) in [5.74, 6) is -4.90. The van der Waals surface area contributed by atoms with Crippen molar-refractivity contribution in [3.63, 3.8) is 0 Å². The molecule has 0 bridgehead atoms. The molecule has 2 aromatic rings. The van der Waals surface area contributed by atoms with Gasteiger partial charge >= 0.3 is 0 Å². The highest BCUT2D eigenvalue weighted by molar-refractivity contribution is 6.05. The molecule has 0 aliphatic carbocycles. The van der Waals surface area contributed by atoms with E-state index in [0.717, 1.165) is 12.1 Å². The lowest BCUT2D eigenvalue weighted by Crippen LogP contribution is -2.49. The molecule has 7 heteroatoms. The molecule has 0 saturated heterocycles. The fourth-order valence-electron chi connectivity index (χ4n) is 2.33. The highest BCUT2D eigenvalue weighted by atomic mass is 16.6. The van der Waals surface area contributed by atoms with E-state index in [-0.39, 0.29) is 22.6 Å². The third kappa shape index (κ3) is 2.03. The molecule has 0 spiro atoms. The molecular weight excluding hydrogens is 292 g/mol. The van der Waals surface area contributed by atoms with Crippen molar-refractivity contribution in [3.8, 4) is 23.0 Å². The summed E-state index contributed by atoms with van der Waals surface area (Å²) < 4.78 is 5.41. The Hall–Kier alpha value is -2.77. The first kappa shape index (κ1) is 14.2. The number of ketones is 1. The molecule has 1 atom stereocenters. The van der Waals surface area contributed by atoms with E-state index in [9.17, 15) is 30.3 Å². The van der Waals surface area contributed by atoms with E-state index in [1.807, 2.05) is 0 Å². The standard InChI is InChI=1S/C15H12O7/c16-8-2-3-9-12(6-8)22-14(15(20,21)13(9)19)7-1-4-10(17)11(18)5-7/h1-6,14,16-18,20-21H. The minimum Gasteiger partial charge on any atom is -0.508 e. The van der Waals surface area contributed by atoms with Crippen molar-refractivity contribution in [1.29, 1.82) is 0 Å². The molecule has 0 radical (unpaired) electrons. The van der Waals surface area contributed by atoms with Gasteiger partial charge in [0.2, 0.25) is 5.78 Å². The van der Waals surface area contributed by atoms with E-state index in [2.05, 4.69) is 0 Å². The fourth-order valence-corrected chi connectivity index (χ4v) is 2.33. The first-order chi connectivity index (χ1) is 10.3. The Kier molecular flexibility index (Phi) is 2.98. The van der Waals surface area contributed by atoms with Crippen LogP contribution >= 0.6 is 0 Å². The number of aromatic hydroxyl groups is 3. The van der Waals surface area contributed by atoms with Crippen LogP contribution in [0.1, 0.15) is 22.0 Å². The number of benzene rings is 2. The molecule has 0 fully saturated rings. The second-order valence-electron chi connectivity index (χ2n) is 4.98. The second-order valence-corrected chi connectivity index (χ2v) is 4.98. The van der Waals surface area contributed by atoms with E-state index in [1.165, 1.54) is 24.3 Å². The van der Waals surface area contributed by atoms with Gasteiger partial charge < -0.3 is 30.3 Å². The SMILES string of the molecule is O=C1c2ccc(O)cc2OC(c2ccc(O)c(O)c2)C1(O)O. The maximum absolute atomic E-state index is 12.2. The predicted octanol–water partition coefficient (Wildman–Crippen LogP) is 0.801. The molecule has 1 unspecified atom stereocenters. The number of carbonyl (C=O) groups excluding carboxylic acids is 1. The van der Waals surface area contributed by atoms with E-state index in [1.54, 1.807) is 0 Å². The lowest BCUT2D eigenvalue weighted by molar-refractivity contribution is -0.186. The van der Waals surface area contributed by atoms with Crippen molar-refractivity contribution in [1.82, 2.24) is 0 Å². The number of phenols is 3. The lowest BCUT2D eigenvalue weighted by Gasteiger charge is -2.35. The third-order valence-corrected chi connectivity index (χ3v) is 3.46. The zero-order valence-electron chi connectivity index (χ0n) is 11.1. The molecule has 2 aromatic carbocycles. The molecular formula is C15H12O7. The number of rotatable bonds is 1. The van der Waals surface area contributed by atoms with Gasteiger partial charge in [0.1, 0.15) is 11.5 Å². The van der Waals surface area contributed by atoms with Gasteiger partial charge in [0.25, 0.3) is 5.79 Å². The zero-order chi connectivity index (χ0) is 16.1. The summed E-state index contributed by atoms with van der Waals surface area (Å²) in [4.78, 5) is 12.2. The van der Waals surface area contributed by atoms with Crippen molar-refractivity contribution >= 4 is 5.78 Å². The minimum absolute atomic E-state index is 0.0127. The maximum Gasteiger partial charge on any atom is 0.271 e. The van der Waals surface area contributed by atoms with Crippen molar-refractivity contribution < 1.29 is 35.1 Å². The average molecular weight is 304 g/mol. The number of Topliss-reactive ketones (excluding diaryl/α,β-unsaturated/α-hetero) is 1. The lowest BCUT2D eigenvalue weighted by atomic mass is 9.90. The van der Waals surface area contributed by atoms with Crippen LogP contribution in [-0.4, -0.2) is 37.1 Å². The molecule has 5 N–H and O–H groups in total. The number of carbonyl (C=O) groups is 1. The van der Waals surface area contributed by atoms with Gasteiger partial charge in [0, 0.05) is 11.6 Å². The van der Waals surface area contributed by atoms with Crippen LogP contribution in [0.2, 0.25) is 0 Å². The summed E-state index contributed by atoms with van der Waals surface area (Å²) in [6, 6.07) is 7.09. The molecule has 0 amide bonds. The first-order valence-corrected chi connectivity index (χ1v) is 6.32. The number of hydrogen-bond acceptors (Lipinski definition) is 7. The van der Waals surface area contributed by atoms with Gasteiger partial charge in [-0.2, -0.15) is 0 Å². The largest absolute Gasteiger partial charge is 0.508 e. The number of fused-ring (bicyclic) bond motifs is 1. The molecule has 7 nitrogen and oxygen atoms in total. The van der Waals surface area contributed by atoms with Crippen LogP contribution in [-0.2, 0) is 0 Å². The van der Waals surface area contributed by atoms with Gasteiger partial charge in [-0.1, -0.05) is 6.07 Å². The van der Waals surface area contributed by atoms with Gasteiger partial charge in [-0.3, -0.25) is 4.79 Å². The zero-order valence-corrected chi connectivity index (χ0v) is 11.1. The van der Waals surface area contributed by atoms with Gasteiger partial charge in [0.15, 0.2) is 17.6 Å². The molecule has 1 aliphatic rings. The predicted molar refractivity (Wildman–Crippen MR) is 72.7 cm³/mol. The second kappa shape index (κ2) is 4.62. The smallest absolute Gasteiger partial charge is 0.271 e. The van der Waals surface area contributed by atoms with Crippen molar-refractivity contribution in [3.05, 3.63) is 47.5 Å². The Bertz CT molecular complexity index is 766. The Morgan fingerprint density at radius 2 is 1.68 bits per heavy atom. The Balaban J connectivity index is 2.12. The Morgan fingerprint density at radius 3 is 2.36 bits per heavy atom. The normalized spacial score (nSPS) is 19.4. The van der Waals surface area contributed by atoms with Crippen LogP contribution in [0, 0.1) is 0 Å². The van der Waals surface area contributed by atoms with Crippen molar-refractivity contribution in [2.45, 2.75) is 11.9 Å². The summed E-state index contributed by atoms with van der Waals surface area (Å²) in [6.45, 7) is 0. The molecule has 3 rings (SSSR count). The molecule has 0 aromatic heterocycles. The number of aliphatic hydroxyl groups is 2. The summed E-state index contributed by atoms with van der Waals surface area (Å²) in [5.41, 5.74) is -0.00954. The van der Waals surface area contributed by atoms with Gasteiger partial charge in [-0.25, -0.2) is 0 Å². The van der Waals surface area contributed by atoms with E-state index in [0.29, 0.717) is 0 Å². The van der Waals surface area contributed by atoms with E-state index in [4.69, 9.17) is 4.74 Å². The number of phenolic OH excluding ortho intramolecular Hbond substituents is 3. The molecule has 114 valence electrons. The van der Waals surface area contributed by atoms with Crippen LogP contribution in [0.25, 0.3) is 0 Å². The highest BCUT2D eigenvalue weighted by Crippen LogP contribution is 2.42. The first-order valence-electron chi connectivity index (χ1n) is 6.32. The molecule has 22 heavy (non-hydrogen) atoms. The van der Waals surface area contributed by atoms with Crippen molar-refractivity contribution in [2.24, 2.45) is 0 Å². The van der Waals surface area contributed by atoms with Gasteiger partial charge in [0.05, 0.1) is 5.56 Å². The summed E-state index contributed by atoms with van der Waals surface area (Å²) in [5, 5.41) is 48.5. The van der Waals surface area contributed by atoms with E-state index >= 15 is 0 Å². The number of ether oxygens (including phenoxy) is 1. The van der Waals surface area contributed by atoms with E-state index < -0.39 is 29.2 Å². The van der Waals surface area contributed by atoms with Crippen LogP contribution < -0.4 is 4.74 Å². The third-order valence-electron chi connectivity index (χ3n) is 3.46. The maximum atomic E-state index is 12.2. The Morgan fingerprint density at radius 1 is 0.955 bits per heavy atom. The van der Waals surface area contributed by atoms with Crippen LogP contribution in [0.3, 0.4) is 0 Å². The Labute approximate surface area is 124 Å². The fraction of sp³-hybridized carbons (Fsp3) is 0.133. The number of hydrogen-bond donors (Lipinski definition) is 5. The van der Waals surface area contributed by atoms with Crippen LogP contribution in [0.5, 0.6) is 23.0 Å². The van der Waals surface area contributed by atoms with Crippen LogP contribution in [0.15, 0.2) is 36.4 Å². The summed E-state index contributed by atoms with van der Waals surface area (Å²) in [7, 11) is 0. The van der Waals surface area contributed by atoms with Crippen molar-refractivity contribution in [2.75, 3.05) is 0 Å². The topological polar surface area (TPSA) is 127 Å². The quantitative estimate of drug-likeness (QED) is 0.389. The van der Waals surface area contributed by atoms with Gasteiger partial charge in [-0.15, -0.1) is 0 Å². The average Bonchev–Trinajstić information content (AvgIpc) is 2.46. The summed E-state index contributed by atoms with van der Waals surface area (Å²) in [6.07, 6.45) is -1.53. The summed E-state index contributed by atoms with van der Waals surface area (Å²) >= 11 is 0. The van der Waals surface area contributed by atoms with Gasteiger partial charge in [-0.05, 0) is 24.3 Å². The molecule has 1 aliphatic heterocycles. The molecule has 1 heterocycles.